The van der Waals surface area contributed by atoms with Crippen LogP contribution in [0.15, 0.2) is 38.5 Å². The van der Waals surface area contributed by atoms with E-state index in [9.17, 15) is 4.21 Å². The fourth-order valence-corrected chi connectivity index (χ4v) is 6.09. The summed E-state index contributed by atoms with van der Waals surface area (Å²) in [5, 5.41) is 0.424. The van der Waals surface area contributed by atoms with Crippen LogP contribution < -0.4 is 14.2 Å². The molecule has 0 saturated carbocycles. The van der Waals surface area contributed by atoms with E-state index in [4.69, 9.17) is 30.2 Å². The zero-order chi connectivity index (χ0) is 24.8. The average molecular weight is 496 g/mol. The van der Waals surface area contributed by atoms with Gasteiger partial charge in [0, 0.05) is 31.5 Å². The van der Waals surface area contributed by atoms with E-state index in [1.807, 2.05) is 45.7 Å². The number of ether oxygens (including phenoxy) is 3. The molecule has 9 heteroatoms. The van der Waals surface area contributed by atoms with E-state index in [2.05, 4.69) is 4.99 Å². The fraction of sp³-hybridized carbons (Fsp3) is 0.458. The summed E-state index contributed by atoms with van der Waals surface area (Å²) in [5.74, 6) is 1.84. The van der Waals surface area contributed by atoms with Gasteiger partial charge in [-0.1, -0.05) is 25.4 Å². The largest absolute Gasteiger partial charge is 0.493 e. The quantitative estimate of drug-likeness (QED) is 0.294. The molecule has 1 unspecified atom stereocenters. The molecule has 0 aliphatic carbocycles. The summed E-state index contributed by atoms with van der Waals surface area (Å²) in [4.78, 5) is 7.01. The van der Waals surface area contributed by atoms with Crippen molar-refractivity contribution in [2.45, 2.75) is 32.6 Å². The number of methoxy groups -OCH3 is 3. The second-order valence-electron chi connectivity index (χ2n) is 8.06. The summed E-state index contributed by atoms with van der Waals surface area (Å²) in [5.41, 5.74) is 1.90. The minimum atomic E-state index is -2.87. The Labute approximate surface area is 202 Å². The number of hydrogen-bond acceptors (Lipinski definition) is 6. The van der Waals surface area contributed by atoms with Crippen LogP contribution in [0, 0.1) is 12.8 Å². The van der Waals surface area contributed by atoms with Gasteiger partial charge >= 0.3 is 0 Å². The molecule has 2 rings (SSSR count). The highest BCUT2D eigenvalue weighted by Gasteiger charge is 2.21. The molecule has 7 nitrogen and oxygen atoms in total. The van der Waals surface area contributed by atoms with E-state index in [1.54, 1.807) is 24.5 Å². The van der Waals surface area contributed by atoms with E-state index in [-0.39, 0.29) is 5.92 Å². The smallest absolute Gasteiger partial charge is 0.203 e. The summed E-state index contributed by atoms with van der Waals surface area (Å²) in [6.07, 6.45) is 1.73. The Hall–Kier alpha value is -2.45. The van der Waals surface area contributed by atoms with Crippen LogP contribution in [0.3, 0.4) is 0 Å². The predicted octanol–water partition coefficient (Wildman–Crippen LogP) is 6.10. The highest BCUT2D eigenvalue weighted by molar-refractivity contribution is 7.93. The molecule has 0 aliphatic heterocycles. The van der Waals surface area contributed by atoms with E-state index in [1.165, 1.54) is 21.3 Å². The first kappa shape index (κ1) is 26.8. The first-order chi connectivity index (χ1) is 15.6. The standard InChI is InChI=1S/C24H34ClN3O4S/c1-9-28(5)15-26-20-10-17(4)23(13-19(20)25)33(29,14-16(2)3)27-18-11-21(30-6)24(32-8)22(12-18)31-7/h10-13,15-16H,9,14H2,1-8H3. The Balaban J connectivity index is 2.71. The predicted molar refractivity (Wildman–Crippen MR) is 137 cm³/mol. The zero-order valence-corrected chi connectivity index (χ0v) is 22.2. The Morgan fingerprint density at radius 2 is 1.70 bits per heavy atom. The fourth-order valence-electron chi connectivity index (χ4n) is 3.25. The number of halogens is 1. The van der Waals surface area contributed by atoms with Gasteiger partial charge < -0.3 is 19.1 Å². The van der Waals surface area contributed by atoms with Crippen LogP contribution in [0.2, 0.25) is 5.02 Å². The highest BCUT2D eigenvalue weighted by atomic mass is 35.5. The van der Waals surface area contributed by atoms with Crippen molar-refractivity contribution in [3.63, 3.8) is 0 Å². The minimum Gasteiger partial charge on any atom is -0.493 e. The maximum atomic E-state index is 14.3. The molecule has 0 radical (unpaired) electrons. The van der Waals surface area contributed by atoms with Crippen molar-refractivity contribution >= 4 is 39.0 Å². The van der Waals surface area contributed by atoms with Crippen molar-refractivity contribution in [2.75, 3.05) is 40.7 Å². The molecule has 0 aliphatic rings. The van der Waals surface area contributed by atoms with Gasteiger partial charge in [0.2, 0.25) is 5.75 Å². The molecule has 1 atom stereocenters. The molecular weight excluding hydrogens is 462 g/mol. The number of aryl methyl sites for hydroxylation is 1. The van der Waals surface area contributed by atoms with Crippen LogP contribution in [0.4, 0.5) is 11.4 Å². The van der Waals surface area contributed by atoms with Crippen LogP contribution >= 0.6 is 11.6 Å². The van der Waals surface area contributed by atoms with Crippen LogP contribution in [0.1, 0.15) is 26.3 Å². The van der Waals surface area contributed by atoms with Crippen LogP contribution in [-0.4, -0.2) is 56.1 Å². The molecule has 0 fully saturated rings. The second kappa shape index (κ2) is 11.6. The van der Waals surface area contributed by atoms with Crippen molar-refractivity contribution in [1.82, 2.24) is 4.90 Å². The van der Waals surface area contributed by atoms with Gasteiger partial charge in [0.05, 0.1) is 58.7 Å². The minimum absolute atomic E-state index is 0.136. The molecule has 2 aromatic rings. The molecule has 2 aromatic carbocycles. The van der Waals surface area contributed by atoms with Gasteiger partial charge in [0.15, 0.2) is 11.5 Å². The molecule has 0 N–H and O–H groups in total. The van der Waals surface area contributed by atoms with E-state index in [0.29, 0.717) is 44.3 Å². The van der Waals surface area contributed by atoms with E-state index in [0.717, 1.165) is 12.1 Å². The lowest BCUT2D eigenvalue weighted by Gasteiger charge is -2.18. The van der Waals surface area contributed by atoms with Gasteiger partial charge in [0.25, 0.3) is 0 Å². The van der Waals surface area contributed by atoms with Gasteiger partial charge in [-0.05, 0) is 37.5 Å². The highest BCUT2D eigenvalue weighted by Crippen LogP contribution is 2.42. The zero-order valence-electron chi connectivity index (χ0n) is 20.6. The van der Waals surface area contributed by atoms with Gasteiger partial charge in [-0.25, -0.2) is 9.20 Å². The SMILES string of the molecule is CCN(C)C=Nc1cc(C)c(S(=O)(CC(C)C)=Nc2cc(OC)c(OC)c(OC)c2)cc1Cl. The first-order valence-corrected chi connectivity index (χ1v) is 12.7. The third kappa shape index (κ3) is 6.54. The monoisotopic (exact) mass is 495 g/mol. The van der Waals surface area contributed by atoms with Crippen LogP contribution in [0.25, 0.3) is 0 Å². The molecule has 33 heavy (non-hydrogen) atoms. The second-order valence-corrected chi connectivity index (χ2v) is 10.7. The Morgan fingerprint density at radius 1 is 1.09 bits per heavy atom. The van der Waals surface area contributed by atoms with Crippen molar-refractivity contribution in [3.8, 4) is 17.2 Å². The number of rotatable bonds is 10. The molecule has 0 amide bonds. The molecule has 0 aromatic heterocycles. The number of hydrogen-bond donors (Lipinski definition) is 0. The van der Waals surface area contributed by atoms with Crippen LogP contribution in [0.5, 0.6) is 17.2 Å². The Morgan fingerprint density at radius 3 is 2.18 bits per heavy atom. The third-order valence-corrected chi connectivity index (χ3v) is 8.00. The Kier molecular flexibility index (Phi) is 9.43. The van der Waals surface area contributed by atoms with Gasteiger partial charge in [-0.3, -0.25) is 0 Å². The number of aliphatic imine (C=N–C) groups is 1. The van der Waals surface area contributed by atoms with Crippen molar-refractivity contribution in [1.29, 1.82) is 0 Å². The summed E-state index contributed by atoms with van der Waals surface area (Å²) in [6, 6.07) is 6.96. The molecule has 182 valence electrons. The van der Waals surface area contributed by atoms with Crippen LogP contribution in [-0.2, 0) is 9.73 Å². The lowest BCUT2D eigenvalue weighted by atomic mass is 10.2. The first-order valence-electron chi connectivity index (χ1n) is 10.7. The van der Waals surface area contributed by atoms with Gasteiger partial charge in [0.1, 0.15) is 0 Å². The molecule has 0 heterocycles. The normalized spacial score (nSPS) is 13.2. The molecule has 0 saturated heterocycles. The molecule has 0 spiro atoms. The Bertz CT molecular complexity index is 1100. The van der Waals surface area contributed by atoms with E-state index < -0.39 is 9.73 Å². The van der Waals surface area contributed by atoms with Gasteiger partial charge in [-0.2, -0.15) is 4.36 Å². The summed E-state index contributed by atoms with van der Waals surface area (Å²) >= 11 is 6.55. The maximum Gasteiger partial charge on any atom is 0.203 e. The summed E-state index contributed by atoms with van der Waals surface area (Å²) in [6.45, 7) is 8.79. The number of benzene rings is 2. The molecular formula is C24H34ClN3O4S. The number of nitrogens with zero attached hydrogens (tertiary/aromatic N) is 3. The third-order valence-electron chi connectivity index (χ3n) is 4.94. The summed E-state index contributed by atoms with van der Waals surface area (Å²) in [7, 11) is 3.67. The van der Waals surface area contributed by atoms with Crippen molar-refractivity contribution < 1.29 is 18.4 Å². The summed E-state index contributed by atoms with van der Waals surface area (Å²) < 4.78 is 35.3. The lowest BCUT2D eigenvalue weighted by molar-refractivity contribution is 0.324. The van der Waals surface area contributed by atoms with Crippen molar-refractivity contribution in [2.24, 2.45) is 15.3 Å². The van der Waals surface area contributed by atoms with Crippen molar-refractivity contribution in [3.05, 3.63) is 34.9 Å². The van der Waals surface area contributed by atoms with E-state index >= 15 is 0 Å². The lowest BCUT2D eigenvalue weighted by Crippen LogP contribution is -2.14. The average Bonchev–Trinajstić information content (AvgIpc) is 2.77. The topological polar surface area (TPSA) is 72.7 Å². The maximum absolute atomic E-state index is 14.3. The van der Waals surface area contributed by atoms with Gasteiger partial charge in [-0.15, -0.1) is 0 Å². The molecule has 0 bridgehead atoms.